The molecule has 0 radical (unpaired) electrons. The van der Waals surface area contributed by atoms with E-state index in [9.17, 15) is 0 Å². The molecule has 0 aromatic heterocycles. The summed E-state index contributed by atoms with van der Waals surface area (Å²) in [5.41, 5.74) is 7.48. The number of rotatable bonds is 6. The largest absolute Gasteiger partial charge is 0.497 e. The molecule has 2 rings (SSSR count). The third-order valence-electron chi connectivity index (χ3n) is 4.20. The standard InChI is InChI=1S/C16H26N2O/c1-12(17)16(18(2)11-13-5-4-6-13)14-7-9-15(19-3)10-8-14/h7-10,12-13,16H,4-6,11,17H2,1-3H3. The zero-order valence-electron chi connectivity index (χ0n) is 12.3. The van der Waals surface area contributed by atoms with Crippen molar-refractivity contribution in [2.45, 2.75) is 38.3 Å². The Bertz CT molecular complexity index is 384. The van der Waals surface area contributed by atoms with Gasteiger partial charge in [-0.25, -0.2) is 0 Å². The Morgan fingerprint density at radius 3 is 2.37 bits per heavy atom. The van der Waals surface area contributed by atoms with Crippen molar-refractivity contribution in [3.8, 4) is 5.75 Å². The van der Waals surface area contributed by atoms with Gasteiger partial charge < -0.3 is 10.5 Å². The molecule has 1 fully saturated rings. The molecule has 1 aromatic carbocycles. The molecule has 19 heavy (non-hydrogen) atoms. The van der Waals surface area contributed by atoms with E-state index in [4.69, 9.17) is 10.5 Å². The number of methoxy groups -OCH3 is 1. The van der Waals surface area contributed by atoms with E-state index in [1.807, 2.05) is 12.1 Å². The number of hydrogen-bond donors (Lipinski definition) is 1. The fourth-order valence-corrected chi connectivity index (χ4v) is 2.96. The summed E-state index contributed by atoms with van der Waals surface area (Å²) in [5.74, 6) is 1.76. The Balaban J connectivity index is 2.08. The lowest BCUT2D eigenvalue weighted by molar-refractivity contribution is 0.149. The minimum atomic E-state index is 0.124. The molecule has 3 nitrogen and oxygen atoms in total. The average molecular weight is 262 g/mol. The van der Waals surface area contributed by atoms with Crippen molar-refractivity contribution in [2.24, 2.45) is 11.7 Å². The van der Waals surface area contributed by atoms with E-state index in [0.717, 1.165) is 18.2 Å². The molecular weight excluding hydrogens is 236 g/mol. The smallest absolute Gasteiger partial charge is 0.118 e. The van der Waals surface area contributed by atoms with Gasteiger partial charge in [-0.1, -0.05) is 18.6 Å². The van der Waals surface area contributed by atoms with Crippen LogP contribution in [0.4, 0.5) is 0 Å². The first kappa shape index (κ1) is 14.4. The van der Waals surface area contributed by atoms with E-state index in [1.54, 1.807) is 7.11 Å². The normalized spacial score (nSPS) is 19.0. The molecule has 106 valence electrons. The SMILES string of the molecule is COc1ccc(C(C(C)N)N(C)CC2CCC2)cc1. The first-order valence-electron chi connectivity index (χ1n) is 7.21. The van der Waals surface area contributed by atoms with Gasteiger partial charge in [-0.3, -0.25) is 4.90 Å². The molecule has 0 spiro atoms. The summed E-state index contributed by atoms with van der Waals surface area (Å²) >= 11 is 0. The predicted octanol–water partition coefficient (Wildman–Crippen LogP) is 2.82. The molecule has 0 aliphatic heterocycles. The average Bonchev–Trinajstić information content (AvgIpc) is 2.34. The summed E-state index contributed by atoms with van der Waals surface area (Å²) in [6, 6.07) is 8.70. The van der Waals surface area contributed by atoms with Gasteiger partial charge in [0.25, 0.3) is 0 Å². The summed E-state index contributed by atoms with van der Waals surface area (Å²) in [6.45, 7) is 3.24. The number of hydrogen-bond acceptors (Lipinski definition) is 3. The topological polar surface area (TPSA) is 38.5 Å². The summed E-state index contributed by atoms with van der Waals surface area (Å²) in [6.07, 6.45) is 4.14. The molecule has 1 aromatic rings. The van der Waals surface area contributed by atoms with Crippen molar-refractivity contribution in [1.82, 2.24) is 4.90 Å². The maximum Gasteiger partial charge on any atom is 0.118 e. The van der Waals surface area contributed by atoms with Crippen molar-refractivity contribution in [3.05, 3.63) is 29.8 Å². The molecule has 2 atom stereocenters. The van der Waals surface area contributed by atoms with Crippen LogP contribution >= 0.6 is 0 Å². The van der Waals surface area contributed by atoms with Gasteiger partial charge in [0, 0.05) is 18.6 Å². The zero-order chi connectivity index (χ0) is 13.8. The Hall–Kier alpha value is -1.06. The monoisotopic (exact) mass is 262 g/mol. The van der Waals surface area contributed by atoms with Gasteiger partial charge in [-0.05, 0) is 50.4 Å². The van der Waals surface area contributed by atoms with Crippen LogP contribution < -0.4 is 10.5 Å². The maximum atomic E-state index is 6.20. The van der Waals surface area contributed by atoms with Gasteiger partial charge in [-0.15, -0.1) is 0 Å². The number of benzene rings is 1. The molecule has 0 heterocycles. The first-order chi connectivity index (χ1) is 9.11. The lowest BCUT2D eigenvalue weighted by Crippen LogP contribution is -2.40. The predicted molar refractivity (Wildman–Crippen MR) is 79.4 cm³/mol. The Morgan fingerprint density at radius 1 is 1.32 bits per heavy atom. The second-order valence-corrected chi connectivity index (χ2v) is 5.81. The molecule has 1 aliphatic carbocycles. The molecule has 1 saturated carbocycles. The maximum absolute atomic E-state index is 6.20. The lowest BCUT2D eigenvalue weighted by atomic mass is 9.84. The fourth-order valence-electron chi connectivity index (χ4n) is 2.96. The quantitative estimate of drug-likeness (QED) is 0.856. The third-order valence-corrected chi connectivity index (χ3v) is 4.20. The van der Waals surface area contributed by atoms with Crippen LogP contribution in [-0.4, -0.2) is 31.6 Å². The van der Waals surface area contributed by atoms with Crippen LogP contribution in [0.5, 0.6) is 5.75 Å². The van der Waals surface area contributed by atoms with Crippen LogP contribution in [-0.2, 0) is 0 Å². The summed E-state index contributed by atoms with van der Waals surface area (Å²) < 4.78 is 5.22. The first-order valence-corrected chi connectivity index (χ1v) is 7.21. The molecular formula is C16H26N2O. The second kappa shape index (κ2) is 6.40. The van der Waals surface area contributed by atoms with Crippen LogP contribution in [0.15, 0.2) is 24.3 Å². The van der Waals surface area contributed by atoms with E-state index in [0.29, 0.717) is 0 Å². The second-order valence-electron chi connectivity index (χ2n) is 5.81. The highest BCUT2D eigenvalue weighted by molar-refractivity contribution is 5.29. The summed E-state index contributed by atoms with van der Waals surface area (Å²) in [7, 11) is 3.89. The van der Waals surface area contributed by atoms with Gasteiger partial charge in [0.1, 0.15) is 5.75 Å². The van der Waals surface area contributed by atoms with Crippen LogP contribution in [0.2, 0.25) is 0 Å². The molecule has 3 heteroatoms. The van der Waals surface area contributed by atoms with Gasteiger partial charge in [0.15, 0.2) is 0 Å². The van der Waals surface area contributed by atoms with Gasteiger partial charge >= 0.3 is 0 Å². The van der Waals surface area contributed by atoms with E-state index in [1.165, 1.54) is 24.8 Å². The zero-order valence-corrected chi connectivity index (χ0v) is 12.3. The lowest BCUT2D eigenvalue weighted by Gasteiger charge is -2.37. The highest BCUT2D eigenvalue weighted by atomic mass is 16.5. The number of likely N-dealkylation sites (N-methyl/N-ethyl adjacent to an activating group) is 1. The fraction of sp³-hybridized carbons (Fsp3) is 0.625. The highest BCUT2D eigenvalue weighted by Crippen LogP contribution is 2.31. The van der Waals surface area contributed by atoms with Gasteiger partial charge in [0.2, 0.25) is 0 Å². The highest BCUT2D eigenvalue weighted by Gasteiger charge is 2.26. The van der Waals surface area contributed by atoms with Crippen molar-refractivity contribution in [3.63, 3.8) is 0 Å². The minimum absolute atomic E-state index is 0.124. The van der Waals surface area contributed by atoms with Crippen molar-refractivity contribution in [1.29, 1.82) is 0 Å². The Labute approximate surface area is 116 Å². The molecule has 2 N–H and O–H groups in total. The van der Waals surface area contributed by atoms with E-state index >= 15 is 0 Å². The van der Waals surface area contributed by atoms with Crippen molar-refractivity contribution in [2.75, 3.05) is 20.7 Å². The Kier molecular flexibility index (Phi) is 4.83. The molecule has 0 bridgehead atoms. The Morgan fingerprint density at radius 2 is 1.95 bits per heavy atom. The molecule has 2 unspecified atom stereocenters. The number of ether oxygens (including phenoxy) is 1. The number of nitrogens with zero attached hydrogens (tertiary/aromatic N) is 1. The summed E-state index contributed by atoms with van der Waals surface area (Å²) in [5, 5.41) is 0. The van der Waals surface area contributed by atoms with Crippen LogP contribution in [0, 0.1) is 5.92 Å². The third kappa shape index (κ3) is 3.48. The summed E-state index contributed by atoms with van der Waals surface area (Å²) in [4.78, 5) is 2.41. The number of nitrogens with two attached hydrogens (primary N) is 1. The van der Waals surface area contributed by atoms with Gasteiger partial charge in [0.05, 0.1) is 7.11 Å². The molecule has 1 aliphatic rings. The van der Waals surface area contributed by atoms with Crippen molar-refractivity contribution < 1.29 is 4.74 Å². The van der Waals surface area contributed by atoms with Crippen LogP contribution in [0.1, 0.15) is 37.8 Å². The van der Waals surface area contributed by atoms with Crippen molar-refractivity contribution >= 4 is 0 Å². The molecule has 0 saturated heterocycles. The van der Waals surface area contributed by atoms with E-state index in [2.05, 4.69) is 31.0 Å². The minimum Gasteiger partial charge on any atom is -0.497 e. The van der Waals surface area contributed by atoms with Gasteiger partial charge in [-0.2, -0.15) is 0 Å². The molecule has 0 amide bonds. The van der Waals surface area contributed by atoms with E-state index < -0.39 is 0 Å². The van der Waals surface area contributed by atoms with Crippen LogP contribution in [0.25, 0.3) is 0 Å². The van der Waals surface area contributed by atoms with E-state index in [-0.39, 0.29) is 12.1 Å². The van der Waals surface area contributed by atoms with Crippen LogP contribution in [0.3, 0.4) is 0 Å².